The van der Waals surface area contributed by atoms with Gasteiger partial charge in [0.1, 0.15) is 0 Å². The zero-order valence-electron chi connectivity index (χ0n) is 11.2. The third-order valence-electron chi connectivity index (χ3n) is 3.80. The zero-order chi connectivity index (χ0) is 13.9. The second kappa shape index (κ2) is 5.94. The van der Waals surface area contributed by atoms with Crippen LogP contribution < -0.4 is 10.6 Å². The summed E-state index contributed by atoms with van der Waals surface area (Å²) in [6, 6.07) is 12.0. The molecule has 1 amide bonds. The lowest BCUT2D eigenvalue weighted by Crippen LogP contribution is -2.37. The molecule has 2 aromatic rings. The Bertz CT molecular complexity index is 635. The average Bonchev–Trinajstić information content (AvgIpc) is 2.51. The number of anilines is 1. The zero-order valence-corrected chi connectivity index (χ0v) is 12.7. The number of benzene rings is 2. The number of halogens is 1. The van der Waals surface area contributed by atoms with E-state index in [1.54, 1.807) is 0 Å². The third kappa shape index (κ3) is 2.72. The van der Waals surface area contributed by atoms with Gasteiger partial charge < -0.3 is 10.6 Å². The van der Waals surface area contributed by atoms with Crippen molar-refractivity contribution in [3.8, 4) is 0 Å². The summed E-state index contributed by atoms with van der Waals surface area (Å²) in [6.45, 7) is 1.80. The Morgan fingerprint density at radius 2 is 2.00 bits per heavy atom. The minimum Gasteiger partial charge on any atom is -0.325 e. The maximum atomic E-state index is 12.3. The van der Waals surface area contributed by atoms with E-state index in [4.69, 9.17) is 0 Å². The molecule has 2 aromatic carbocycles. The number of hydrogen-bond acceptors (Lipinski definition) is 2. The number of hydrogen-bond donors (Lipinski definition) is 2. The molecule has 0 aromatic heterocycles. The SMILES string of the molecule is O=C(Nc1ccc(Br)c2ccccc12)[C@H]1CCCNC1. The van der Waals surface area contributed by atoms with E-state index in [1.165, 1.54) is 0 Å². The summed E-state index contributed by atoms with van der Waals surface area (Å²) in [6.07, 6.45) is 2.03. The van der Waals surface area contributed by atoms with Gasteiger partial charge in [-0.2, -0.15) is 0 Å². The highest BCUT2D eigenvalue weighted by Gasteiger charge is 2.21. The Balaban J connectivity index is 1.87. The largest absolute Gasteiger partial charge is 0.325 e. The molecule has 1 aliphatic heterocycles. The molecule has 0 bridgehead atoms. The predicted molar refractivity (Wildman–Crippen MR) is 85.9 cm³/mol. The van der Waals surface area contributed by atoms with Crippen molar-refractivity contribution in [2.24, 2.45) is 5.92 Å². The molecular weight excluding hydrogens is 316 g/mol. The molecule has 104 valence electrons. The van der Waals surface area contributed by atoms with Crippen molar-refractivity contribution < 1.29 is 4.79 Å². The van der Waals surface area contributed by atoms with E-state index in [-0.39, 0.29) is 11.8 Å². The van der Waals surface area contributed by atoms with Gasteiger partial charge in [-0.3, -0.25) is 4.79 Å². The van der Waals surface area contributed by atoms with E-state index in [1.807, 2.05) is 30.3 Å². The third-order valence-corrected chi connectivity index (χ3v) is 4.49. The van der Waals surface area contributed by atoms with Gasteiger partial charge in [0.25, 0.3) is 0 Å². The van der Waals surface area contributed by atoms with Gasteiger partial charge in [0.2, 0.25) is 5.91 Å². The quantitative estimate of drug-likeness (QED) is 0.883. The van der Waals surface area contributed by atoms with Crippen LogP contribution in [-0.4, -0.2) is 19.0 Å². The van der Waals surface area contributed by atoms with Gasteiger partial charge in [0.15, 0.2) is 0 Å². The van der Waals surface area contributed by atoms with Crippen LogP contribution in [0, 0.1) is 5.92 Å². The number of amides is 1. The maximum Gasteiger partial charge on any atom is 0.228 e. The highest BCUT2D eigenvalue weighted by Crippen LogP contribution is 2.30. The van der Waals surface area contributed by atoms with Gasteiger partial charge in [-0.15, -0.1) is 0 Å². The molecule has 3 nitrogen and oxygen atoms in total. The molecule has 2 N–H and O–H groups in total. The standard InChI is InChI=1S/C16H17BrN2O/c17-14-7-8-15(13-6-2-1-5-12(13)14)19-16(20)11-4-3-9-18-10-11/h1-2,5-8,11,18H,3-4,9-10H2,(H,19,20)/t11-/m0/s1. The molecule has 0 aliphatic carbocycles. The molecule has 20 heavy (non-hydrogen) atoms. The van der Waals surface area contributed by atoms with E-state index in [2.05, 4.69) is 32.6 Å². The molecule has 4 heteroatoms. The molecule has 1 fully saturated rings. The first-order valence-electron chi connectivity index (χ1n) is 6.94. The summed E-state index contributed by atoms with van der Waals surface area (Å²) in [4.78, 5) is 12.3. The number of nitrogens with one attached hydrogen (secondary N) is 2. The Labute approximate surface area is 126 Å². The topological polar surface area (TPSA) is 41.1 Å². The number of fused-ring (bicyclic) bond motifs is 1. The summed E-state index contributed by atoms with van der Waals surface area (Å²) in [5.41, 5.74) is 0.888. The second-order valence-corrected chi connectivity index (χ2v) is 6.03. The van der Waals surface area contributed by atoms with Crippen LogP contribution in [0.1, 0.15) is 12.8 Å². The lowest BCUT2D eigenvalue weighted by Gasteiger charge is -2.22. The first-order chi connectivity index (χ1) is 9.75. The molecule has 0 saturated carbocycles. The van der Waals surface area contributed by atoms with Gasteiger partial charge >= 0.3 is 0 Å². The van der Waals surface area contributed by atoms with Crippen molar-refractivity contribution in [1.82, 2.24) is 5.32 Å². The number of carbonyl (C=O) groups excluding carboxylic acids is 1. The first kappa shape index (κ1) is 13.6. The van der Waals surface area contributed by atoms with Crippen LogP contribution in [0.25, 0.3) is 10.8 Å². The summed E-state index contributed by atoms with van der Waals surface area (Å²) >= 11 is 3.55. The molecular formula is C16H17BrN2O. The van der Waals surface area contributed by atoms with Crippen LogP contribution in [0.4, 0.5) is 5.69 Å². The van der Waals surface area contributed by atoms with Crippen LogP contribution in [0.15, 0.2) is 40.9 Å². The lowest BCUT2D eigenvalue weighted by atomic mass is 9.98. The lowest BCUT2D eigenvalue weighted by molar-refractivity contribution is -0.120. The predicted octanol–water partition coefficient (Wildman–Crippen LogP) is 3.54. The van der Waals surface area contributed by atoms with Crippen molar-refractivity contribution >= 4 is 38.3 Å². The molecule has 3 rings (SSSR count). The van der Waals surface area contributed by atoms with Gasteiger partial charge in [-0.25, -0.2) is 0 Å². The van der Waals surface area contributed by atoms with Gasteiger partial charge in [-0.05, 0) is 36.9 Å². The molecule has 0 spiro atoms. The first-order valence-corrected chi connectivity index (χ1v) is 7.74. The monoisotopic (exact) mass is 332 g/mol. The Morgan fingerprint density at radius 1 is 1.20 bits per heavy atom. The second-order valence-electron chi connectivity index (χ2n) is 5.17. The summed E-state index contributed by atoms with van der Waals surface area (Å²) in [5.74, 6) is 0.191. The number of carbonyl (C=O) groups is 1. The Kier molecular flexibility index (Phi) is 4.03. The van der Waals surface area contributed by atoms with Gasteiger partial charge in [0, 0.05) is 22.1 Å². The van der Waals surface area contributed by atoms with Crippen LogP contribution >= 0.6 is 15.9 Å². The molecule has 0 unspecified atom stereocenters. The summed E-state index contributed by atoms with van der Waals surface area (Å²) in [7, 11) is 0. The minimum atomic E-state index is 0.0751. The molecule has 1 heterocycles. The van der Waals surface area contributed by atoms with E-state index in [9.17, 15) is 4.79 Å². The molecule has 0 radical (unpaired) electrons. The minimum absolute atomic E-state index is 0.0751. The molecule has 1 saturated heterocycles. The Morgan fingerprint density at radius 3 is 2.75 bits per heavy atom. The van der Waals surface area contributed by atoms with Gasteiger partial charge in [0.05, 0.1) is 5.92 Å². The molecule has 1 atom stereocenters. The highest BCUT2D eigenvalue weighted by atomic mass is 79.9. The van der Waals surface area contributed by atoms with E-state index < -0.39 is 0 Å². The summed E-state index contributed by atoms with van der Waals surface area (Å²) in [5, 5.41) is 8.55. The fraction of sp³-hybridized carbons (Fsp3) is 0.312. The van der Waals surface area contributed by atoms with Crippen molar-refractivity contribution in [3.63, 3.8) is 0 Å². The maximum absolute atomic E-state index is 12.3. The van der Waals surface area contributed by atoms with Crippen molar-refractivity contribution in [2.45, 2.75) is 12.8 Å². The summed E-state index contributed by atoms with van der Waals surface area (Å²) < 4.78 is 1.05. The molecule has 1 aliphatic rings. The van der Waals surface area contributed by atoms with Crippen molar-refractivity contribution in [2.75, 3.05) is 18.4 Å². The van der Waals surface area contributed by atoms with Crippen LogP contribution in [0.5, 0.6) is 0 Å². The fourth-order valence-electron chi connectivity index (χ4n) is 2.68. The van der Waals surface area contributed by atoms with Gasteiger partial charge in [-0.1, -0.05) is 40.2 Å². The smallest absolute Gasteiger partial charge is 0.228 e. The van der Waals surface area contributed by atoms with Crippen molar-refractivity contribution in [3.05, 3.63) is 40.9 Å². The van der Waals surface area contributed by atoms with Crippen LogP contribution in [0.3, 0.4) is 0 Å². The van der Waals surface area contributed by atoms with Crippen LogP contribution in [-0.2, 0) is 4.79 Å². The van der Waals surface area contributed by atoms with E-state index >= 15 is 0 Å². The number of rotatable bonds is 2. The normalized spacial score (nSPS) is 18.9. The average molecular weight is 333 g/mol. The highest BCUT2D eigenvalue weighted by molar-refractivity contribution is 9.10. The van der Waals surface area contributed by atoms with Crippen LogP contribution in [0.2, 0.25) is 0 Å². The fourth-order valence-corrected chi connectivity index (χ4v) is 3.16. The number of piperidine rings is 1. The van der Waals surface area contributed by atoms with E-state index in [0.29, 0.717) is 0 Å². The Hall–Kier alpha value is -1.39. The van der Waals surface area contributed by atoms with Crippen molar-refractivity contribution in [1.29, 1.82) is 0 Å². The van der Waals surface area contributed by atoms with E-state index in [0.717, 1.165) is 46.9 Å².